The summed E-state index contributed by atoms with van der Waals surface area (Å²) in [5.41, 5.74) is 8.83. The van der Waals surface area contributed by atoms with E-state index >= 15 is 0 Å². The van der Waals surface area contributed by atoms with Gasteiger partial charge in [-0.05, 0) is 37.5 Å². The highest BCUT2D eigenvalue weighted by molar-refractivity contribution is 5.96. The zero-order valence-electron chi connectivity index (χ0n) is 14.1. The Morgan fingerprint density at radius 1 is 1.18 bits per heavy atom. The van der Waals surface area contributed by atoms with E-state index in [1.807, 2.05) is 30.0 Å². The molecular formula is C19H30N2O. The second-order valence-electron chi connectivity index (χ2n) is 6.55. The molecule has 3 nitrogen and oxygen atoms in total. The molecule has 122 valence electrons. The number of amides is 1. The highest BCUT2D eigenvalue weighted by atomic mass is 16.2. The van der Waals surface area contributed by atoms with Crippen LogP contribution in [0, 0.1) is 6.92 Å². The largest absolute Gasteiger partial charge is 0.398 e. The van der Waals surface area contributed by atoms with E-state index in [0.29, 0.717) is 12.5 Å². The first-order chi connectivity index (χ1) is 10.6. The zero-order valence-corrected chi connectivity index (χ0v) is 14.1. The lowest BCUT2D eigenvalue weighted by Crippen LogP contribution is -2.32. The van der Waals surface area contributed by atoms with Crippen LogP contribution >= 0.6 is 0 Å². The van der Waals surface area contributed by atoms with E-state index < -0.39 is 0 Å². The quantitative estimate of drug-likeness (QED) is 0.552. The number of carbonyl (C=O) groups is 1. The van der Waals surface area contributed by atoms with Gasteiger partial charge in [0.25, 0.3) is 0 Å². The first-order valence-corrected chi connectivity index (χ1v) is 8.81. The molecule has 0 spiro atoms. The van der Waals surface area contributed by atoms with Crippen LogP contribution in [0.2, 0.25) is 0 Å². The molecule has 22 heavy (non-hydrogen) atoms. The molecule has 1 saturated heterocycles. The van der Waals surface area contributed by atoms with Gasteiger partial charge in [0.1, 0.15) is 0 Å². The molecule has 1 aliphatic heterocycles. The highest BCUT2D eigenvalue weighted by Crippen LogP contribution is 2.31. The van der Waals surface area contributed by atoms with E-state index in [-0.39, 0.29) is 5.91 Å². The van der Waals surface area contributed by atoms with Crippen LogP contribution in [0.5, 0.6) is 0 Å². The summed E-state index contributed by atoms with van der Waals surface area (Å²) in [5.74, 6) is 0.249. The summed E-state index contributed by atoms with van der Waals surface area (Å²) in [6.45, 7) is 4.24. The maximum atomic E-state index is 12.2. The van der Waals surface area contributed by atoms with E-state index in [2.05, 4.69) is 6.92 Å². The van der Waals surface area contributed by atoms with E-state index in [0.717, 1.165) is 29.8 Å². The van der Waals surface area contributed by atoms with Crippen LogP contribution in [0.3, 0.4) is 0 Å². The molecule has 3 heteroatoms. The monoisotopic (exact) mass is 302 g/mol. The molecule has 1 unspecified atom stereocenters. The lowest BCUT2D eigenvalue weighted by Gasteiger charge is -2.25. The minimum atomic E-state index is 0.249. The summed E-state index contributed by atoms with van der Waals surface area (Å²) in [6.07, 6.45) is 10.6. The lowest BCUT2D eigenvalue weighted by molar-refractivity contribution is -0.117. The molecule has 1 aliphatic rings. The topological polar surface area (TPSA) is 46.3 Å². The minimum Gasteiger partial charge on any atom is -0.398 e. The summed E-state index contributed by atoms with van der Waals surface area (Å²) in [4.78, 5) is 14.2. The zero-order chi connectivity index (χ0) is 15.9. The molecule has 1 amide bonds. The number of aryl methyl sites for hydroxylation is 1. The van der Waals surface area contributed by atoms with Gasteiger partial charge in [0.15, 0.2) is 0 Å². The molecule has 1 fully saturated rings. The minimum absolute atomic E-state index is 0.249. The summed E-state index contributed by atoms with van der Waals surface area (Å²) in [6, 6.07) is 6.36. The summed E-state index contributed by atoms with van der Waals surface area (Å²) in [7, 11) is 0. The third-order valence-electron chi connectivity index (χ3n) is 4.76. The molecule has 0 saturated carbocycles. The smallest absolute Gasteiger partial charge is 0.227 e. The van der Waals surface area contributed by atoms with Gasteiger partial charge in [0, 0.05) is 23.8 Å². The van der Waals surface area contributed by atoms with Gasteiger partial charge in [-0.1, -0.05) is 51.5 Å². The van der Waals surface area contributed by atoms with Gasteiger partial charge < -0.3 is 10.6 Å². The SMILES string of the molecule is CCCCCCCCC1CCC(=O)N1c1ccc(C)c(N)c1. The van der Waals surface area contributed by atoms with Gasteiger partial charge in [-0.3, -0.25) is 4.79 Å². The van der Waals surface area contributed by atoms with E-state index in [1.54, 1.807) is 0 Å². The van der Waals surface area contributed by atoms with Gasteiger partial charge >= 0.3 is 0 Å². The standard InChI is InChI=1S/C19H30N2O/c1-3-4-5-6-7-8-9-16-12-13-19(22)21(16)17-11-10-15(2)18(20)14-17/h10-11,14,16H,3-9,12-13,20H2,1-2H3. The van der Waals surface area contributed by atoms with Crippen molar-refractivity contribution >= 4 is 17.3 Å². The maximum absolute atomic E-state index is 12.2. The number of nitrogens with zero attached hydrogens (tertiary/aromatic N) is 1. The highest BCUT2D eigenvalue weighted by Gasteiger charge is 2.31. The number of hydrogen-bond acceptors (Lipinski definition) is 2. The van der Waals surface area contributed by atoms with Crippen LogP contribution in [0.4, 0.5) is 11.4 Å². The van der Waals surface area contributed by atoms with Crippen molar-refractivity contribution in [1.82, 2.24) is 0 Å². The predicted octanol–water partition coefficient (Wildman–Crippen LogP) is 4.82. The third kappa shape index (κ3) is 4.25. The molecule has 0 bridgehead atoms. The number of anilines is 2. The Morgan fingerprint density at radius 3 is 2.64 bits per heavy atom. The molecule has 0 aromatic heterocycles. The molecule has 1 heterocycles. The van der Waals surface area contributed by atoms with Gasteiger partial charge in [-0.15, -0.1) is 0 Å². The fraction of sp³-hybridized carbons (Fsp3) is 0.632. The number of hydrogen-bond donors (Lipinski definition) is 1. The summed E-state index contributed by atoms with van der Waals surface area (Å²) >= 11 is 0. The maximum Gasteiger partial charge on any atom is 0.227 e. The molecule has 1 atom stereocenters. The van der Waals surface area contributed by atoms with Gasteiger partial charge in [-0.2, -0.15) is 0 Å². The van der Waals surface area contributed by atoms with Crippen LogP contribution in [0.15, 0.2) is 18.2 Å². The van der Waals surface area contributed by atoms with Crippen molar-refractivity contribution in [2.75, 3.05) is 10.6 Å². The number of nitrogen functional groups attached to an aromatic ring is 1. The average Bonchev–Trinajstić information content (AvgIpc) is 2.87. The fourth-order valence-corrected chi connectivity index (χ4v) is 3.31. The van der Waals surface area contributed by atoms with E-state index in [1.165, 1.54) is 38.5 Å². The first-order valence-electron chi connectivity index (χ1n) is 8.81. The normalized spacial score (nSPS) is 18.2. The van der Waals surface area contributed by atoms with Gasteiger partial charge in [0.2, 0.25) is 5.91 Å². The Bertz CT molecular complexity index is 498. The summed E-state index contributed by atoms with van der Waals surface area (Å²) in [5, 5.41) is 0. The number of carbonyl (C=O) groups excluding carboxylic acids is 1. The third-order valence-corrected chi connectivity index (χ3v) is 4.76. The van der Waals surface area contributed by atoms with Crippen molar-refractivity contribution in [1.29, 1.82) is 0 Å². The molecule has 1 aromatic rings. The number of benzene rings is 1. The molecule has 2 N–H and O–H groups in total. The summed E-state index contributed by atoms with van der Waals surface area (Å²) < 4.78 is 0. The van der Waals surface area contributed by atoms with Crippen LogP contribution in [0.25, 0.3) is 0 Å². The Kier molecular flexibility index (Phi) is 6.29. The molecule has 2 rings (SSSR count). The van der Waals surface area contributed by atoms with Crippen LogP contribution in [-0.2, 0) is 4.79 Å². The number of unbranched alkanes of at least 4 members (excludes halogenated alkanes) is 5. The Labute approximate surface area is 134 Å². The Morgan fingerprint density at radius 2 is 1.91 bits per heavy atom. The van der Waals surface area contributed by atoms with Crippen LogP contribution < -0.4 is 10.6 Å². The molecule has 1 aromatic carbocycles. The number of nitrogens with two attached hydrogens (primary N) is 1. The van der Waals surface area contributed by atoms with Crippen molar-refractivity contribution in [3.63, 3.8) is 0 Å². The molecule has 0 aliphatic carbocycles. The second kappa shape index (κ2) is 8.21. The Balaban J connectivity index is 1.90. The van der Waals surface area contributed by atoms with Crippen molar-refractivity contribution in [2.45, 2.75) is 77.7 Å². The van der Waals surface area contributed by atoms with Gasteiger partial charge in [0.05, 0.1) is 0 Å². The van der Waals surface area contributed by atoms with Crippen molar-refractivity contribution in [3.05, 3.63) is 23.8 Å². The number of rotatable bonds is 8. The van der Waals surface area contributed by atoms with E-state index in [9.17, 15) is 4.79 Å². The lowest BCUT2D eigenvalue weighted by atomic mass is 10.0. The van der Waals surface area contributed by atoms with E-state index in [4.69, 9.17) is 5.73 Å². The average molecular weight is 302 g/mol. The van der Waals surface area contributed by atoms with Crippen molar-refractivity contribution in [3.8, 4) is 0 Å². The second-order valence-corrected chi connectivity index (χ2v) is 6.55. The van der Waals surface area contributed by atoms with Crippen molar-refractivity contribution < 1.29 is 4.79 Å². The first kappa shape index (κ1) is 16.9. The van der Waals surface area contributed by atoms with Gasteiger partial charge in [-0.25, -0.2) is 0 Å². The molecular weight excluding hydrogens is 272 g/mol. The van der Waals surface area contributed by atoms with Crippen LogP contribution in [-0.4, -0.2) is 11.9 Å². The predicted molar refractivity (Wildman–Crippen MR) is 94.1 cm³/mol. The fourth-order valence-electron chi connectivity index (χ4n) is 3.31. The Hall–Kier alpha value is -1.51. The van der Waals surface area contributed by atoms with Crippen LogP contribution in [0.1, 0.15) is 70.3 Å². The molecule has 0 radical (unpaired) electrons. The van der Waals surface area contributed by atoms with Crippen molar-refractivity contribution in [2.24, 2.45) is 0 Å².